The number of nitro groups is 1. The van der Waals surface area contributed by atoms with E-state index in [1.807, 2.05) is 6.92 Å². The Morgan fingerprint density at radius 3 is 2.67 bits per heavy atom. The van der Waals surface area contributed by atoms with E-state index >= 15 is 0 Å². The molecule has 0 atom stereocenters. The first kappa shape index (κ1) is 11.3. The molecule has 15 heavy (non-hydrogen) atoms. The lowest BCUT2D eigenvalue weighted by molar-refractivity contribution is -0.385. The van der Waals surface area contributed by atoms with Crippen LogP contribution in [0.4, 0.5) is 5.69 Å². The zero-order valence-electron chi connectivity index (χ0n) is 8.73. The van der Waals surface area contributed by atoms with Crippen molar-refractivity contribution in [1.29, 1.82) is 0 Å². The van der Waals surface area contributed by atoms with Gasteiger partial charge in [-0.2, -0.15) is 0 Å². The summed E-state index contributed by atoms with van der Waals surface area (Å²) in [5.74, 6) is 0.919. The first-order valence-corrected chi connectivity index (χ1v) is 4.64. The summed E-state index contributed by atoms with van der Waals surface area (Å²) >= 11 is 0. The Hall–Kier alpha value is -1.78. The van der Waals surface area contributed by atoms with Crippen LogP contribution in [-0.4, -0.2) is 18.6 Å². The van der Waals surface area contributed by atoms with Crippen LogP contribution in [0.1, 0.15) is 13.3 Å². The minimum atomic E-state index is -0.460. The zero-order valence-corrected chi connectivity index (χ0v) is 8.73. The summed E-state index contributed by atoms with van der Waals surface area (Å²) in [5, 5.41) is 10.5. The van der Waals surface area contributed by atoms with Gasteiger partial charge in [-0.25, -0.2) is 0 Å². The van der Waals surface area contributed by atoms with Crippen molar-refractivity contribution in [1.82, 2.24) is 0 Å². The molecule has 0 bridgehead atoms. The molecule has 0 aliphatic rings. The van der Waals surface area contributed by atoms with Gasteiger partial charge in [0.1, 0.15) is 0 Å². The highest BCUT2D eigenvalue weighted by molar-refractivity contribution is 5.48. The van der Waals surface area contributed by atoms with Crippen LogP contribution in [0.3, 0.4) is 0 Å². The Balaban J connectivity index is 2.96. The maximum atomic E-state index is 10.5. The predicted molar refractivity (Wildman–Crippen MR) is 55.4 cm³/mol. The summed E-state index contributed by atoms with van der Waals surface area (Å²) in [6.45, 7) is 2.47. The van der Waals surface area contributed by atoms with E-state index in [1.54, 1.807) is 0 Å². The molecule has 1 aromatic carbocycles. The molecular formula is C10H13NO4. The van der Waals surface area contributed by atoms with Crippen molar-refractivity contribution in [2.45, 2.75) is 13.3 Å². The molecule has 0 fully saturated rings. The Morgan fingerprint density at radius 2 is 2.13 bits per heavy atom. The largest absolute Gasteiger partial charge is 0.493 e. The Morgan fingerprint density at radius 1 is 1.40 bits per heavy atom. The van der Waals surface area contributed by atoms with E-state index in [0.29, 0.717) is 18.1 Å². The maximum absolute atomic E-state index is 10.5. The fourth-order valence-corrected chi connectivity index (χ4v) is 1.10. The summed E-state index contributed by atoms with van der Waals surface area (Å²) in [6, 6.07) is 4.29. The van der Waals surface area contributed by atoms with Gasteiger partial charge in [0.15, 0.2) is 11.5 Å². The second-order valence-corrected chi connectivity index (χ2v) is 2.94. The van der Waals surface area contributed by atoms with Crippen LogP contribution in [0.15, 0.2) is 18.2 Å². The van der Waals surface area contributed by atoms with E-state index < -0.39 is 4.92 Å². The summed E-state index contributed by atoms with van der Waals surface area (Å²) in [4.78, 5) is 10.1. The number of non-ortho nitro benzene ring substituents is 1. The van der Waals surface area contributed by atoms with Gasteiger partial charge in [-0.05, 0) is 12.5 Å². The number of nitrogens with zero attached hydrogens (tertiary/aromatic N) is 1. The van der Waals surface area contributed by atoms with Gasteiger partial charge < -0.3 is 9.47 Å². The minimum absolute atomic E-state index is 0.00176. The van der Waals surface area contributed by atoms with Crippen LogP contribution in [0, 0.1) is 10.1 Å². The van der Waals surface area contributed by atoms with E-state index in [1.165, 1.54) is 25.3 Å². The Kier molecular flexibility index (Phi) is 3.91. The van der Waals surface area contributed by atoms with Gasteiger partial charge in [0.25, 0.3) is 5.69 Å². The fourth-order valence-electron chi connectivity index (χ4n) is 1.10. The average Bonchev–Trinajstić information content (AvgIpc) is 2.25. The first-order valence-electron chi connectivity index (χ1n) is 4.64. The quantitative estimate of drug-likeness (QED) is 0.554. The molecule has 0 radical (unpaired) electrons. The monoisotopic (exact) mass is 211 g/mol. The van der Waals surface area contributed by atoms with Crippen molar-refractivity contribution < 1.29 is 14.4 Å². The summed E-state index contributed by atoms with van der Waals surface area (Å²) in [6.07, 6.45) is 0.839. The lowest BCUT2D eigenvalue weighted by Crippen LogP contribution is -1.98. The van der Waals surface area contributed by atoms with Crippen LogP contribution in [0.2, 0.25) is 0 Å². The summed E-state index contributed by atoms with van der Waals surface area (Å²) in [5.41, 5.74) is 0.00176. The van der Waals surface area contributed by atoms with Crippen LogP contribution >= 0.6 is 0 Å². The Labute approximate surface area is 87.8 Å². The number of benzene rings is 1. The van der Waals surface area contributed by atoms with Gasteiger partial charge in [0.05, 0.1) is 24.7 Å². The third kappa shape index (κ3) is 2.83. The topological polar surface area (TPSA) is 61.6 Å². The standard InChI is InChI=1S/C10H13NO4/c1-3-6-15-10-7-8(11(12)13)4-5-9(10)14-2/h4-5,7H,3,6H2,1-2H3. The third-order valence-corrected chi connectivity index (χ3v) is 1.82. The highest BCUT2D eigenvalue weighted by atomic mass is 16.6. The smallest absolute Gasteiger partial charge is 0.273 e. The molecule has 0 N–H and O–H groups in total. The van der Waals surface area contributed by atoms with Gasteiger partial charge in [-0.15, -0.1) is 0 Å². The SMILES string of the molecule is CCCOc1cc([N+](=O)[O-])ccc1OC. The van der Waals surface area contributed by atoms with Crippen LogP contribution < -0.4 is 9.47 Å². The van der Waals surface area contributed by atoms with Crippen LogP contribution in [0.25, 0.3) is 0 Å². The molecule has 5 nitrogen and oxygen atoms in total. The summed E-state index contributed by atoms with van der Waals surface area (Å²) in [7, 11) is 1.50. The van der Waals surface area contributed by atoms with Crippen molar-refractivity contribution in [2.24, 2.45) is 0 Å². The van der Waals surface area contributed by atoms with Gasteiger partial charge in [-0.3, -0.25) is 10.1 Å². The number of nitro benzene ring substituents is 1. The van der Waals surface area contributed by atoms with Crippen LogP contribution in [0.5, 0.6) is 11.5 Å². The van der Waals surface area contributed by atoms with Crippen molar-refractivity contribution in [3.05, 3.63) is 28.3 Å². The van der Waals surface area contributed by atoms with E-state index in [9.17, 15) is 10.1 Å². The molecule has 0 heterocycles. The molecule has 82 valence electrons. The van der Waals surface area contributed by atoms with Crippen molar-refractivity contribution >= 4 is 5.69 Å². The second kappa shape index (κ2) is 5.19. The molecule has 5 heteroatoms. The van der Waals surface area contributed by atoms with Gasteiger partial charge in [0.2, 0.25) is 0 Å². The number of hydrogen-bond acceptors (Lipinski definition) is 4. The molecule has 0 amide bonds. The molecule has 0 aromatic heterocycles. The maximum Gasteiger partial charge on any atom is 0.273 e. The molecule has 0 unspecified atom stereocenters. The molecule has 0 saturated carbocycles. The predicted octanol–water partition coefficient (Wildman–Crippen LogP) is 2.39. The van der Waals surface area contributed by atoms with Crippen molar-refractivity contribution in [3.8, 4) is 11.5 Å². The van der Waals surface area contributed by atoms with E-state index in [0.717, 1.165) is 6.42 Å². The molecule has 1 rings (SSSR count). The highest BCUT2D eigenvalue weighted by Crippen LogP contribution is 2.31. The molecular weight excluding hydrogens is 198 g/mol. The second-order valence-electron chi connectivity index (χ2n) is 2.94. The minimum Gasteiger partial charge on any atom is -0.493 e. The molecule has 0 spiro atoms. The van der Waals surface area contributed by atoms with Crippen molar-refractivity contribution in [3.63, 3.8) is 0 Å². The molecule has 0 aliphatic heterocycles. The zero-order chi connectivity index (χ0) is 11.3. The molecule has 0 aliphatic carbocycles. The number of rotatable bonds is 5. The summed E-state index contributed by atoms with van der Waals surface area (Å²) < 4.78 is 10.4. The lowest BCUT2D eigenvalue weighted by Gasteiger charge is -2.08. The van der Waals surface area contributed by atoms with Gasteiger partial charge in [-0.1, -0.05) is 6.92 Å². The fraction of sp³-hybridized carbons (Fsp3) is 0.400. The number of hydrogen-bond donors (Lipinski definition) is 0. The van der Waals surface area contributed by atoms with Gasteiger partial charge in [0, 0.05) is 6.07 Å². The first-order chi connectivity index (χ1) is 7.19. The average molecular weight is 211 g/mol. The van der Waals surface area contributed by atoms with E-state index in [2.05, 4.69) is 0 Å². The van der Waals surface area contributed by atoms with Crippen molar-refractivity contribution in [2.75, 3.05) is 13.7 Å². The number of ether oxygens (including phenoxy) is 2. The third-order valence-electron chi connectivity index (χ3n) is 1.82. The van der Waals surface area contributed by atoms with Crippen LogP contribution in [-0.2, 0) is 0 Å². The molecule has 0 saturated heterocycles. The number of methoxy groups -OCH3 is 1. The highest BCUT2D eigenvalue weighted by Gasteiger charge is 2.11. The van der Waals surface area contributed by atoms with Gasteiger partial charge >= 0.3 is 0 Å². The van der Waals surface area contributed by atoms with E-state index in [4.69, 9.17) is 9.47 Å². The normalized spacial score (nSPS) is 9.73. The lowest BCUT2D eigenvalue weighted by atomic mass is 10.3. The Bertz CT molecular complexity index is 351. The van der Waals surface area contributed by atoms with E-state index in [-0.39, 0.29) is 5.69 Å². The molecule has 1 aromatic rings.